The fraction of sp³-hybridized carbons (Fsp3) is 0.818. The van der Waals surface area contributed by atoms with Crippen LogP contribution >= 0.6 is 0 Å². The van der Waals surface area contributed by atoms with Gasteiger partial charge in [-0.1, -0.05) is 19.9 Å². The van der Waals surface area contributed by atoms with E-state index in [0.29, 0.717) is 0 Å². The average molecular weight is 168 g/mol. The molecule has 0 radical (unpaired) electrons. The van der Waals surface area contributed by atoms with Crippen LogP contribution in [-0.2, 0) is 4.74 Å². The highest BCUT2D eigenvalue weighted by atomic mass is 16.5. The molecule has 1 nitrogen and oxygen atoms in total. The number of ether oxygens (including phenoxy) is 1. The van der Waals surface area contributed by atoms with Crippen LogP contribution in [0.15, 0.2) is 11.6 Å². The number of hydrogen-bond donors (Lipinski definition) is 0. The molecule has 0 aliphatic heterocycles. The molecule has 0 saturated carbocycles. The number of hydrogen-bond acceptors (Lipinski definition) is 1. The number of rotatable bonds is 3. The van der Waals surface area contributed by atoms with Gasteiger partial charge in [-0.3, -0.25) is 0 Å². The maximum atomic E-state index is 5.11. The van der Waals surface area contributed by atoms with Gasteiger partial charge in [0.05, 0.1) is 6.61 Å². The molecule has 1 heteroatoms. The quantitative estimate of drug-likeness (QED) is 0.589. The van der Waals surface area contributed by atoms with Gasteiger partial charge in [0.25, 0.3) is 0 Å². The highest BCUT2D eigenvalue weighted by Gasteiger charge is 2.16. The van der Waals surface area contributed by atoms with Gasteiger partial charge in [0.2, 0.25) is 0 Å². The molecule has 1 atom stereocenters. The first kappa shape index (κ1) is 9.79. The van der Waals surface area contributed by atoms with Crippen molar-refractivity contribution in [2.24, 2.45) is 11.8 Å². The van der Waals surface area contributed by atoms with Gasteiger partial charge >= 0.3 is 0 Å². The summed E-state index contributed by atoms with van der Waals surface area (Å²) in [5.41, 5.74) is 1.49. The van der Waals surface area contributed by atoms with Crippen molar-refractivity contribution in [1.29, 1.82) is 0 Å². The van der Waals surface area contributed by atoms with E-state index in [0.717, 1.165) is 18.4 Å². The van der Waals surface area contributed by atoms with Crippen LogP contribution in [0.4, 0.5) is 0 Å². The average Bonchev–Trinajstić information content (AvgIpc) is 2.06. The minimum Gasteiger partial charge on any atom is -0.380 e. The third-order valence-corrected chi connectivity index (χ3v) is 2.82. The first-order valence-corrected chi connectivity index (χ1v) is 4.91. The molecular weight excluding hydrogens is 148 g/mol. The predicted octanol–water partition coefficient (Wildman–Crippen LogP) is 3.02. The van der Waals surface area contributed by atoms with Gasteiger partial charge in [0.1, 0.15) is 0 Å². The van der Waals surface area contributed by atoms with E-state index in [-0.39, 0.29) is 0 Å². The van der Waals surface area contributed by atoms with Gasteiger partial charge < -0.3 is 4.74 Å². The Morgan fingerprint density at radius 1 is 1.58 bits per heavy atom. The summed E-state index contributed by atoms with van der Waals surface area (Å²) in [7, 11) is 1.77. The van der Waals surface area contributed by atoms with E-state index in [4.69, 9.17) is 4.74 Å². The van der Waals surface area contributed by atoms with Crippen LogP contribution in [0.2, 0.25) is 0 Å². The van der Waals surface area contributed by atoms with Crippen LogP contribution in [0, 0.1) is 11.8 Å². The summed E-state index contributed by atoms with van der Waals surface area (Å²) < 4.78 is 5.11. The van der Waals surface area contributed by atoms with Crippen molar-refractivity contribution in [2.75, 3.05) is 13.7 Å². The molecule has 0 aromatic carbocycles. The Labute approximate surface area is 75.8 Å². The smallest absolute Gasteiger partial charge is 0.0672 e. The van der Waals surface area contributed by atoms with Crippen molar-refractivity contribution in [3.63, 3.8) is 0 Å². The zero-order valence-corrected chi connectivity index (χ0v) is 8.47. The highest BCUT2D eigenvalue weighted by molar-refractivity contribution is 5.07. The summed E-state index contributed by atoms with van der Waals surface area (Å²) in [6, 6.07) is 0. The molecule has 0 amide bonds. The van der Waals surface area contributed by atoms with Gasteiger partial charge in [-0.15, -0.1) is 0 Å². The lowest BCUT2D eigenvalue weighted by atomic mass is 9.82. The summed E-state index contributed by atoms with van der Waals surface area (Å²) >= 11 is 0. The Kier molecular flexibility index (Phi) is 3.80. The summed E-state index contributed by atoms with van der Waals surface area (Å²) in [5.74, 6) is 1.75. The van der Waals surface area contributed by atoms with Crippen molar-refractivity contribution in [1.82, 2.24) is 0 Å². The lowest BCUT2D eigenvalue weighted by Crippen LogP contribution is -2.13. The van der Waals surface area contributed by atoms with Gasteiger partial charge in [0, 0.05) is 7.11 Å². The lowest BCUT2D eigenvalue weighted by Gasteiger charge is -2.24. The summed E-state index contributed by atoms with van der Waals surface area (Å²) in [4.78, 5) is 0. The molecule has 0 N–H and O–H groups in total. The zero-order chi connectivity index (χ0) is 8.97. The number of allylic oxidation sites excluding steroid dienone is 1. The first-order valence-electron chi connectivity index (χ1n) is 4.91. The third-order valence-electron chi connectivity index (χ3n) is 2.82. The maximum absolute atomic E-state index is 5.11. The third kappa shape index (κ3) is 2.63. The Balaban J connectivity index is 2.36. The zero-order valence-electron chi connectivity index (χ0n) is 8.47. The topological polar surface area (TPSA) is 9.23 Å². The minimum atomic E-state index is 0.838. The van der Waals surface area contributed by atoms with E-state index in [1.807, 2.05) is 0 Å². The van der Waals surface area contributed by atoms with Crippen molar-refractivity contribution in [2.45, 2.75) is 33.1 Å². The molecule has 0 bridgehead atoms. The fourth-order valence-corrected chi connectivity index (χ4v) is 1.83. The second-order valence-electron chi connectivity index (χ2n) is 4.07. The molecule has 1 rings (SSSR count). The monoisotopic (exact) mass is 168 g/mol. The fourth-order valence-electron chi connectivity index (χ4n) is 1.83. The molecule has 0 heterocycles. The first-order chi connectivity index (χ1) is 5.74. The van der Waals surface area contributed by atoms with Gasteiger partial charge in [-0.05, 0) is 36.7 Å². The van der Waals surface area contributed by atoms with Gasteiger partial charge in [0.15, 0.2) is 0 Å². The molecule has 0 fully saturated rings. The normalized spacial score (nSPS) is 24.3. The molecule has 0 saturated heterocycles. The van der Waals surface area contributed by atoms with Crippen LogP contribution < -0.4 is 0 Å². The van der Waals surface area contributed by atoms with Crippen LogP contribution in [0.3, 0.4) is 0 Å². The summed E-state index contributed by atoms with van der Waals surface area (Å²) in [5, 5.41) is 0. The molecule has 12 heavy (non-hydrogen) atoms. The van der Waals surface area contributed by atoms with Crippen molar-refractivity contribution in [3.8, 4) is 0 Å². The van der Waals surface area contributed by atoms with Gasteiger partial charge in [-0.25, -0.2) is 0 Å². The van der Waals surface area contributed by atoms with Gasteiger partial charge in [-0.2, -0.15) is 0 Å². The Bertz CT molecular complexity index is 158. The second kappa shape index (κ2) is 4.66. The molecular formula is C11H20O. The summed E-state index contributed by atoms with van der Waals surface area (Å²) in [6.07, 6.45) is 6.23. The summed E-state index contributed by atoms with van der Waals surface area (Å²) in [6.45, 7) is 5.48. The Morgan fingerprint density at radius 3 is 2.75 bits per heavy atom. The van der Waals surface area contributed by atoms with Crippen molar-refractivity contribution < 1.29 is 4.74 Å². The van der Waals surface area contributed by atoms with E-state index < -0.39 is 0 Å². The molecule has 0 spiro atoms. The molecule has 0 aromatic rings. The Morgan fingerprint density at radius 2 is 2.33 bits per heavy atom. The molecule has 0 aromatic heterocycles. The number of methoxy groups -OCH3 is 1. The molecule has 1 aliphatic rings. The maximum Gasteiger partial charge on any atom is 0.0672 e. The minimum absolute atomic E-state index is 0.838. The van der Waals surface area contributed by atoms with Crippen LogP contribution in [0.1, 0.15) is 33.1 Å². The molecule has 1 aliphatic carbocycles. The largest absolute Gasteiger partial charge is 0.380 e. The lowest BCUT2D eigenvalue weighted by molar-refractivity contribution is 0.216. The van der Waals surface area contributed by atoms with E-state index in [1.165, 1.54) is 24.8 Å². The van der Waals surface area contributed by atoms with Crippen LogP contribution in [0.5, 0.6) is 0 Å². The molecule has 70 valence electrons. The van der Waals surface area contributed by atoms with Crippen LogP contribution in [-0.4, -0.2) is 13.7 Å². The van der Waals surface area contributed by atoms with E-state index in [2.05, 4.69) is 19.9 Å². The van der Waals surface area contributed by atoms with E-state index in [1.54, 1.807) is 7.11 Å². The second-order valence-corrected chi connectivity index (χ2v) is 4.07. The SMILES string of the molecule is COCC1=CCC(C(C)C)CC1. The predicted molar refractivity (Wildman–Crippen MR) is 52.1 cm³/mol. The highest BCUT2D eigenvalue weighted by Crippen LogP contribution is 2.28. The van der Waals surface area contributed by atoms with Crippen LogP contribution in [0.25, 0.3) is 0 Å². The van der Waals surface area contributed by atoms with Crippen molar-refractivity contribution in [3.05, 3.63) is 11.6 Å². The van der Waals surface area contributed by atoms with E-state index in [9.17, 15) is 0 Å². The van der Waals surface area contributed by atoms with E-state index >= 15 is 0 Å². The Hall–Kier alpha value is -0.300. The molecule has 1 unspecified atom stereocenters. The van der Waals surface area contributed by atoms with Crippen molar-refractivity contribution >= 4 is 0 Å². The standard InChI is InChI=1S/C11H20O/c1-9(2)11-6-4-10(5-7-11)8-12-3/h4,9,11H,5-8H2,1-3H3.